The van der Waals surface area contributed by atoms with Crippen LogP contribution in [0.15, 0.2) is 18.2 Å². The van der Waals surface area contributed by atoms with Crippen molar-refractivity contribution >= 4 is 0 Å². The minimum absolute atomic E-state index is 0.568. The van der Waals surface area contributed by atoms with E-state index in [9.17, 15) is 0 Å². The molecule has 2 atom stereocenters. The van der Waals surface area contributed by atoms with Crippen LogP contribution in [0.1, 0.15) is 32.3 Å². The molecular weight excluding hydrogens is 238 g/mol. The Kier molecular flexibility index (Phi) is 6.71. The van der Waals surface area contributed by atoms with Gasteiger partial charge in [0.15, 0.2) is 11.5 Å². The van der Waals surface area contributed by atoms with Crippen LogP contribution in [0, 0.1) is 5.92 Å². The third-order valence-corrected chi connectivity index (χ3v) is 3.66. The molecule has 108 valence electrons. The van der Waals surface area contributed by atoms with Crippen LogP contribution in [0.2, 0.25) is 0 Å². The van der Waals surface area contributed by atoms with E-state index in [0.717, 1.165) is 17.9 Å². The largest absolute Gasteiger partial charge is 0.493 e. The lowest BCUT2D eigenvalue weighted by Gasteiger charge is -2.23. The van der Waals surface area contributed by atoms with Gasteiger partial charge in [-0.2, -0.15) is 0 Å². The molecule has 1 aromatic rings. The summed E-state index contributed by atoms with van der Waals surface area (Å²) in [4.78, 5) is 0. The van der Waals surface area contributed by atoms with Gasteiger partial charge in [-0.05, 0) is 43.5 Å². The van der Waals surface area contributed by atoms with Crippen molar-refractivity contribution in [3.05, 3.63) is 23.8 Å². The van der Waals surface area contributed by atoms with Crippen molar-refractivity contribution in [3.8, 4) is 11.5 Å². The van der Waals surface area contributed by atoms with E-state index in [4.69, 9.17) is 9.47 Å². The Morgan fingerprint density at radius 3 is 2.37 bits per heavy atom. The van der Waals surface area contributed by atoms with Gasteiger partial charge in [-0.1, -0.05) is 26.3 Å². The molecule has 1 aromatic carbocycles. The summed E-state index contributed by atoms with van der Waals surface area (Å²) in [5, 5.41) is 3.42. The molecule has 0 fully saturated rings. The highest BCUT2D eigenvalue weighted by atomic mass is 16.5. The van der Waals surface area contributed by atoms with Gasteiger partial charge in [0.1, 0.15) is 0 Å². The minimum atomic E-state index is 0.568. The molecule has 1 rings (SSSR count). The fourth-order valence-corrected chi connectivity index (χ4v) is 2.55. The van der Waals surface area contributed by atoms with Gasteiger partial charge in [-0.3, -0.25) is 0 Å². The third kappa shape index (κ3) is 4.43. The maximum Gasteiger partial charge on any atom is 0.160 e. The van der Waals surface area contributed by atoms with Crippen LogP contribution < -0.4 is 14.8 Å². The summed E-state index contributed by atoms with van der Waals surface area (Å²) in [5.74, 6) is 2.20. The number of benzene rings is 1. The molecule has 0 aliphatic rings. The average Bonchev–Trinajstić information content (AvgIpc) is 2.44. The Hall–Kier alpha value is -1.22. The van der Waals surface area contributed by atoms with Crippen LogP contribution in [-0.2, 0) is 6.42 Å². The fourth-order valence-electron chi connectivity index (χ4n) is 2.55. The van der Waals surface area contributed by atoms with Gasteiger partial charge in [-0.15, -0.1) is 0 Å². The quantitative estimate of drug-likeness (QED) is 0.782. The predicted octanol–water partition coefficient (Wildman–Crippen LogP) is 3.27. The Balaban J connectivity index is 2.75. The summed E-state index contributed by atoms with van der Waals surface area (Å²) in [5.41, 5.74) is 1.29. The number of hydrogen-bond donors (Lipinski definition) is 1. The molecule has 0 saturated carbocycles. The number of ether oxygens (including phenoxy) is 2. The van der Waals surface area contributed by atoms with Crippen LogP contribution in [0.4, 0.5) is 0 Å². The molecule has 3 nitrogen and oxygen atoms in total. The van der Waals surface area contributed by atoms with Crippen LogP contribution in [0.25, 0.3) is 0 Å². The smallest absolute Gasteiger partial charge is 0.160 e. The molecule has 19 heavy (non-hydrogen) atoms. The Morgan fingerprint density at radius 2 is 1.84 bits per heavy atom. The maximum atomic E-state index is 5.35. The highest BCUT2D eigenvalue weighted by molar-refractivity contribution is 5.43. The summed E-state index contributed by atoms with van der Waals surface area (Å²) < 4.78 is 10.6. The van der Waals surface area contributed by atoms with Crippen molar-refractivity contribution in [2.24, 2.45) is 5.92 Å². The zero-order valence-corrected chi connectivity index (χ0v) is 12.8. The number of hydrogen-bond acceptors (Lipinski definition) is 3. The maximum absolute atomic E-state index is 5.35. The monoisotopic (exact) mass is 265 g/mol. The highest BCUT2D eigenvalue weighted by Gasteiger charge is 2.15. The second-order valence-corrected chi connectivity index (χ2v) is 5.05. The molecule has 3 heteroatoms. The van der Waals surface area contributed by atoms with Gasteiger partial charge in [0.25, 0.3) is 0 Å². The number of methoxy groups -OCH3 is 2. The Labute approximate surface area is 117 Å². The molecule has 0 aromatic heterocycles. The van der Waals surface area contributed by atoms with Crippen molar-refractivity contribution in [1.29, 1.82) is 0 Å². The first-order chi connectivity index (χ1) is 9.15. The van der Waals surface area contributed by atoms with Crippen molar-refractivity contribution < 1.29 is 9.47 Å². The Bertz CT molecular complexity index is 379. The Morgan fingerprint density at radius 1 is 1.16 bits per heavy atom. The second kappa shape index (κ2) is 8.05. The second-order valence-electron chi connectivity index (χ2n) is 5.05. The van der Waals surface area contributed by atoms with Crippen molar-refractivity contribution in [3.63, 3.8) is 0 Å². The van der Waals surface area contributed by atoms with Crippen molar-refractivity contribution in [2.75, 3.05) is 21.3 Å². The number of rotatable bonds is 8. The first-order valence-corrected chi connectivity index (χ1v) is 7.04. The van der Waals surface area contributed by atoms with Crippen LogP contribution in [0.5, 0.6) is 11.5 Å². The SMILES string of the molecule is CCCC(NC)C(C)Cc1ccc(OC)c(OC)c1. The van der Waals surface area contributed by atoms with E-state index < -0.39 is 0 Å². The zero-order valence-electron chi connectivity index (χ0n) is 12.8. The molecule has 0 spiro atoms. The molecule has 2 unspecified atom stereocenters. The summed E-state index contributed by atoms with van der Waals surface area (Å²) in [6, 6.07) is 6.75. The third-order valence-electron chi connectivity index (χ3n) is 3.66. The predicted molar refractivity (Wildman–Crippen MR) is 80.2 cm³/mol. The summed E-state index contributed by atoms with van der Waals surface area (Å²) in [7, 11) is 5.39. The number of nitrogens with one attached hydrogen (secondary N) is 1. The molecule has 0 bridgehead atoms. The molecule has 1 N–H and O–H groups in total. The van der Waals surface area contributed by atoms with Crippen molar-refractivity contribution in [1.82, 2.24) is 5.32 Å². The summed E-state index contributed by atoms with van der Waals surface area (Å²) >= 11 is 0. The first kappa shape index (κ1) is 15.8. The average molecular weight is 265 g/mol. The van der Waals surface area contributed by atoms with E-state index in [0.29, 0.717) is 12.0 Å². The zero-order chi connectivity index (χ0) is 14.3. The van der Waals surface area contributed by atoms with Crippen LogP contribution in [0.3, 0.4) is 0 Å². The molecule has 0 aliphatic heterocycles. The van der Waals surface area contributed by atoms with Gasteiger partial charge in [-0.25, -0.2) is 0 Å². The van der Waals surface area contributed by atoms with E-state index in [2.05, 4.69) is 31.3 Å². The molecule has 0 saturated heterocycles. The van der Waals surface area contributed by atoms with Gasteiger partial charge < -0.3 is 14.8 Å². The molecule has 0 radical (unpaired) electrons. The van der Waals surface area contributed by atoms with Gasteiger partial charge in [0.05, 0.1) is 14.2 Å². The van der Waals surface area contributed by atoms with E-state index in [1.54, 1.807) is 14.2 Å². The molecule has 0 aliphatic carbocycles. The fraction of sp³-hybridized carbons (Fsp3) is 0.625. The van der Waals surface area contributed by atoms with E-state index in [1.807, 2.05) is 13.1 Å². The van der Waals surface area contributed by atoms with Crippen molar-refractivity contribution in [2.45, 2.75) is 39.2 Å². The normalized spacial score (nSPS) is 13.9. The lowest BCUT2D eigenvalue weighted by atomic mass is 9.91. The van der Waals surface area contributed by atoms with Crippen LogP contribution >= 0.6 is 0 Å². The summed E-state index contributed by atoms with van der Waals surface area (Å²) in [6.45, 7) is 4.53. The van der Waals surface area contributed by atoms with Gasteiger partial charge in [0.2, 0.25) is 0 Å². The highest BCUT2D eigenvalue weighted by Crippen LogP contribution is 2.29. The minimum Gasteiger partial charge on any atom is -0.493 e. The van der Waals surface area contributed by atoms with Gasteiger partial charge >= 0.3 is 0 Å². The molecule has 0 amide bonds. The summed E-state index contributed by atoms with van der Waals surface area (Å²) in [6.07, 6.45) is 3.47. The first-order valence-electron chi connectivity index (χ1n) is 7.04. The van der Waals surface area contributed by atoms with E-state index in [-0.39, 0.29) is 0 Å². The van der Waals surface area contributed by atoms with Gasteiger partial charge in [0, 0.05) is 6.04 Å². The lowest BCUT2D eigenvalue weighted by Crippen LogP contribution is -2.33. The molecular formula is C16H27NO2. The van der Waals surface area contributed by atoms with E-state index in [1.165, 1.54) is 18.4 Å². The molecule has 0 heterocycles. The lowest BCUT2D eigenvalue weighted by molar-refractivity contribution is 0.352. The standard InChI is InChI=1S/C16H27NO2/c1-6-7-14(17-3)12(2)10-13-8-9-15(18-4)16(11-13)19-5/h8-9,11-12,14,17H,6-7,10H2,1-5H3. The topological polar surface area (TPSA) is 30.5 Å². The van der Waals surface area contributed by atoms with E-state index >= 15 is 0 Å². The van der Waals surface area contributed by atoms with Crippen LogP contribution in [-0.4, -0.2) is 27.3 Å².